The molecule has 1 saturated heterocycles. The number of hydrogen-bond acceptors (Lipinski definition) is 2. The van der Waals surface area contributed by atoms with E-state index in [9.17, 15) is 4.39 Å². The van der Waals surface area contributed by atoms with Crippen LogP contribution in [0.5, 0.6) is 0 Å². The summed E-state index contributed by atoms with van der Waals surface area (Å²) in [5.74, 6) is 1.67. The predicted octanol–water partition coefficient (Wildman–Crippen LogP) is 3.78. The van der Waals surface area contributed by atoms with Crippen molar-refractivity contribution in [1.82, 2.24) is 5.32 Å². The molecular formula is C16H23FN2S. The summed E-state index contributed by atoms with van der Waals surface area (Å²) in [6.07, 6.45) is 2.07. The lowest BCUT2D eigenvalue weighted by Crippen LogP contribution is -2.28. The molecule has 1 aromatic rings. The minimum absolute atomic E-state index is 0.165. The highest BCUT2D eigenvalue weighted by molar-refractivity contribution is 8.14. The van der Waals surface area contributed by atoms with E-state index in [4.69, 9.17) is 0 Å². The van der Waals surface area contributed by atoms with Gasteiger partial charge in [-0.1, -0.05) is 31.7 Å². The summed E-state index contributed by atoms with van der Waals surface area (Å²) in [6.45, 7) is 7.21. The highest BCUT2D eigenvalue weighted by Crippen LogP contribution is 2.19. The van der Waals surface area contributed by atoms with E-state index in [0.717, 1.165) is 29.4 Å². The Kier molecular flexibility index (Phi) is 5.46. The summed E-state index contributed by atoms with van der Waals surface area (Å²) in [6, 6.07) is 5.54. The number of hydrogen-bond donors (Lipinski definition) is 1. The third kappa shape index (κ3) is 4.51. The predicted molar refractivity (Wildman–Crippen MR) is 86.0 cm³/mol. The second-order valence-electron chi connectivity index (χ2n) is 5.79. The van der Waals surface area contributed by atoms with Crippen LogP contribution < -0.4 is 5.32 Å². The number of nitrogens with zero attached hydrogens (tertiary/aromatic N) is 1. The Labute approximate surface area is 125 Å². The molecule has 1 atom stereocenters. The van der Waals surface area contributed by atoms with Crippen molar-refractivity contribution in [1.29, 1.82) is 0 Å². The zero-order chi connectivity index (χ0) is 14.5. The van der Waals surface area contributed by atoms with E-state index >= 15 is 0 Å². The third-order valence-corrected chi connectivity index (χ3v) is 4.54. The number of benzene rings is 1. The summed E-state index contributed by atoms with van der Waals surface area (Å²) in [7, 11) is 0. The molecule has 4 heteroatoms. The van der Waals surface area contributed by atoms with Gasteiger partial charge in [-0.25, -0.2) is 4.39 Å². The molecule has 1 unspecified atom stereocenters. The minimum atomic E-state index is -0.165. The molecule has 1 N–H and O–H groups in total. The average molecular weight is 294 g/mol. The molecule has 0 spiro atoms. The van der Waals surface area contributed by atoms with Crippen LogP contribution in [0.25, 0.3) is 0 Å². The maximum Gasteiger partial charge on any atom is 0.156 e. The first kappa shape index (κ1) is 15.4. The maximum absolute atomic E-state index is 13.0. The molecule has 110 valence electrons. The third-order valence-electron chi connectivity index (χ3n) is 3.45. The SMILES string of the molecule is Cc1cc(F)ccc1CCN=C1NC(CC(C)C)CS1. The standard InChI is InChI=1S/C16H23FN2S/c1-11(2)8-15-10-20-16(19-15)18-7-6-13-4-5-14(17)9-12(13)3/h4-5,9,11,15H,6-8,10H2,1-3H3,(H,18,19). The van der Waals surface area contributed by atoms with Gasteiger partial charge in [-0.2, -0.15) is 0 Å². The first-order valence-electron chi connectivity index (χ1n) is 7.23. The monoisotopic (exact) mass is 294 g/mol. The lowest BCUT2D eigenvalue weighted by atomic mass is 10.1. The van der Waals surface area contributed by atoms with Crippen LogP contribution in [0.1, 0.15) is 31.4 Å². The molecule has 1 aromatic carbocycles. The number of nitrogens with one attached hydrogen (secondary N) is 1. The fourth-order valence-electron chi connectivity index (χ4n) is 2.44. The van der Waals surface area contributed by atoms with Crippen LogP contribution in [0.15, 0.2) is 23.2 Å². The van der Waals surface area contributed by atoms with Crippen molar-refractivity contribution < 1.29 is 4.39 Å². The molecular weight excluding hydrogens is 271 g/mol. The van der Waals surface area contributed by atoms with Gasteiger partial charge in [-0.05, 0) is 48.9 Å². The van der Waals surface area contributed by atoms with Crippen molar-refractivity contribution in [3.63, 3.8) is 0 Å². The zero-order valence-corrected chi connectivity index (χ0v) is 13.3. The molecule has 2 nitrogen and oxygen atoms in total. The second-order valence-corrected chi connectivity index (χ2v) is 6.80. The number of aryl methyl sites for hydroxylation is 1. The molecule has 0 saturated carbocycles. The van der Waals surface area contributed by atoms with E-state index in [2.05, 4.69) is 24.2 Å². The number of halogens is 1. The van der Waals surface area contributed by atoms with Gasteiger partial charge in [0.05, 0.1) is 0 Å². The fourth-order valence-corrected chi connectivity index (χ4v) is 3.45. The maximum atomic E-state index is 13.0. The molecule has 1 fully saturated rings. The Morgan fingerprint density at radius 2 is 2.25 bits per heavy atom. The molecule has 0 radical (unpaired) electrons. The van der Waals surface area contributed by atoms with E-state index in [-0.39, 0.29) is 5.82 Å². The highest BCUT2D eigenvalue weighted by Gasteiger charge is 2.20. The van der Waals surface area contributed by atoms with Gasteiger partial charge in [0.25, 0.3) is 0 Å². The fraction of sp³-hybridized carbons (Fsp3) is 0.562. The molecule has 2 rings (SSSR count). The number of aliphatic imine (C=N–C) groups is 1. The molecule has 0 aromatic heterocycles. The quantitative estimate of drug-likeness (QED) is 0.893. The van der Waals surface area contributed by atoms with E-state index in [1.54, 1.807) is 6.07 Å². The molecule has 1 aliphatic rings. The Bertz CT molecular complexity index is 485. The van der Waals surface area contributed by atoms with Gasteiger partial charge in [0.15, 0.2) is 5.17 Å². The Hall–Kier alpha value is -1.03. The zero-order valence-electron chi connectivity index (χ0n) is 12.4. The van der Waals surface area contributed by atoms with Crippen molar-refractivity contribution in [3.8, 4) is 0 Å². The summed E-state index contributed by atoms with van der Waals surface area (Å²) < 4.78 is 13.0. The van der Waals surface area contributed by atoms with E-state index in [1.807, 2.05) is 24.8 Å². The minimum Gasteiger partial charge on any atom is -0.361 e. The van der Waals surface area contributed by atoms with Gasteiger partial charge in [0, 0.05) is 18.3 Å². The summed E-state index contributed by atoms with van der Waals surface area (Å²) in [5.41, 5.74) is 2.19. The first-order valence-corrected chi connectivity index (χ1v) is 8.22. The molecule has 0 amide bonds. The normalized spacial score (nSPS) is 20.6. The van der Waals surface area contributed by atoms with Crippen LogP contribution >= 0.6 is 11.8 Å². The van der Waals surface area contributed by atoms with Crippen LogP contribution in [0, 0.1) is 18.7 Å². The van der Waals surface area contributed by atoms with Crippen molar-refractivity contribution in [2.45, 2.75) is 39.7 Å². The molecule has 20 heavy (non-hydrogen) atoms. The Morgan fingerprint density at radius 1 is 1.45 bits per heavy atom. The largest absolute Gasteiger partial charge is 0.361 e. The summed E-state index contributed by atoms with van der Waals surface area (Å²) in [4.78, 5) is 4.61. The summed E-state index contributed by atoms with van der Waals surface area (Å²) in [5, 5.41) is 4.55. The van der Waals surface area contributed by atoms with Crippen LogP contribution in [0.4, 0.5) is 4.39 Å². The topological polar surface area (TPSA) is 24.4 Å². The molecule has 0 bridgehead atoms. The Morgan fingerprint density at radius 3 is 2.95 bits per heavy atom. The van der Waals surface area contributed by atoms with Crippen molar-refractivity contribution >= 4 is 16.9 Å². The van der Waals surface area contributed by atoms with Crippen LogP contribution in [-0.2, 0) is 6.42 Å². The highest BCUT2D eigenvalue weighted by atomic mass is 32.2. The van der Waals surface area contributed by atoms with E-state index in [0.29, 0.717) is 12.0 Å². The number of thioether (sulfide) groups is 1. The van der Waals surface area contributed by atoms with Gasteiger partial charge in [-0.3, -0.25) is 4.99 Å². The summed E-state index contributed by atoms with van der Waals surface area (Å²) >= 11 is 1.81. The van der Waals surface area contributed by atoms with Crippen molar-refractivity contribution in [2.24, 2.45) is 10.9 Å². The van der Waals surface area contributed by atoms with Crippen LogP contribution in [0.3, 0.4) is 0 Å². The van der Waals surface area contributed by atoms with Gasteiger partial charge >= 0.3 is 0 Å². The molecule has 1 aliphatic heterocycles. The smallest absolute Gasteiger partial charge is 0.156 e. The average Bonchev–Trinajstić information content (AvgIpc) is 2.79. The van der Waals surface area contributed by atoms with Crippen LogP contribution in [-0.4, -0.2) is 23.5 Å². The molecule has 0 aliphatic carbocycles. The van der Waals surface area contributed by atoms with Gasteiger partial charge in [-0.15, -0.1) is 0 Å². The van der Waals surface area contributed by atoms with E-state index in [1.165, 1.54) is 18.1 Å². The number of amidine groups is 1. The van der Waals surface area contributed by atoms with Gasteiger partial charge in [0.2, 0.25) is 0 Å². The van der Waals surface area contributed by atoms with Crippen molar-refractivity contribution in [3.05, 3.63) is 35.1 Å². The van der Waals surface area contributed by atoms with E-state index < -0.39 is 0 Å². The number of rotatable bonds is 5. The lowest BCUT2D eigenvalue weighted by Gasteiger charge is -2.11. The van der Waals surface area contributed by atoms with Gasteiger partial charge < -0.3 is 5.32 Å². The van der Waals surface area contributed by atoms with Crippen molar-refractivity contribution in [2.75, 3.05) is 12.3 Å². The van der Waals surface area contributed by atoms with Gasteiger partial charge in [0.1, 0.15) is 5.82 Å². The Balaban J connectivity index is 1.82. The molecule has 1 heterocycles. The lowest BCUT2D eigenvalue weighted by molar-refractivity contribution is 0.502. The second kappa shape index (κ2) is 7.11. The van der Waals surface area contributed by atoms with Crippen LogP contribution in [0.2, 0.25) is 0 Å². The first-order chi connectivity index (χ1) is 9.54.